The van der Waals surface area contributed by atoms with Crippen LogP contribution in [-0.2, 0) is 6.54 Å². The average molecular weight is 342 g/mol. The van der Waals surface area contributed by atoms with E-state index in [1.54, 1.807) is 6.07 Å². The van der Waals surface area contributed by atoms with E-state index in [9.17, 15) is 4.79 Å². The number of nitrogens with zero attached hydrogens (tertiary/aromatic N) is 3. The van der Waals surface area contributed by atoms with Crippen molar-refractivity contribution in [1.29, 1.82) is 0 Å². The molecule has 6 nitrogen and oxygen atoms in total. The van der Waals surface area contributed by atoms with Crippen LogP contribution in [0.1, 0.15) is 55.1 Å². The summed E-state index contributed by atoms with van der Waals surface area (Å²) < 4.78 is 5.30. The van der Waals surface area contributed by atoms with Crippen LogP contribution in [0.3, 0.4) is 0 Å². The van der Waals surface area contributed by atoms with Crippen molar-refractivity contribution in [2.24, 2.45) is 5.92 Å². The van der Waals surface area contributed by atoms with Gasteiger partial charge >= 0.3 is 0 Å². The molecule has 0 radical (unpaired) electrons. The molecule has 1 fully saturated rings. The van der Waals surface area contributed by atoms with Gasteiger partial charge in [-0.1, -0.05) is 32.0 Å². The number of hydrogen-bond acceptors (Lipinski definition) is 5. The van der Waals surface area contributed by atoms with Crippen LogP contribution in [0.25, 0.3) is 0 Å². The van der Waals surface area contributed by atoms with Crippen molar-refractivity contribution in [1.82, 2.24) is 20.4 Å². The Morgan fingerprint density at radius 2 is 2.28 bits per heavy atom. The van der Waals surface area contributed by atoms with E-state index in [0.29, 0.717) is 11.6 Å². The van der Waals surface area contributed by atoms with Gasteiger partial charge in [-0.15, -0.1) is 0 Å². The van der Waals surface area contributed by atoms with Crippen molar-refractivity contribution in [3.63, 3.8) is 0 Å². The molecule has 1 saturated heterocycles. The van der Waals surface area contributed by atoms with Gasteiger partial charge in [-0.05, 0) is 24.5 Å². The summed E-state index contributed by atoms with van der Waals surface area (Å²) in [7, 11) is 0. The minimum absolute atomic E-state index is 0.111. The van der Waals surface area contributed by atoms with Crippen LogP contribution in [-0.4, -0.2) is 40.1 Å². The third-order valence-corrected chi connectivity index (χ3v) is 4.98. The summed E-state index contributed by atoms with van der Waals surface area (Å²) in [5.74, 6) is 1.26. The molecular weight excluding hydrogens is 316 g/mol. The lowest BCUT2D eigenvalue weighted by Gasteiger charge is -2.16. The fourth-order valence-corrected chi connectivity index (χ4v) is 3.18. The number of aromatic nitrogens is 2. The first-order chi connectivity index (χ1) is 12.1. The summed E-state index contributed by atoms with van der Waals surface area (Å²) in [5.41, 5.74) is 1.42. The zero-order valence-corrected chi connectivity index (χ0v) is 15.1. The first-order valence-electron chi connectivity index (χ1n) is 8.96. The molecule has 3 heterocycles. The molecule has 1 aliphatic rings. The fourth-order valence-electron chi connectivity index (χ4n) is 3.18. The highest BCUT2D eigenvalue weighted by atomic mass is 16.5. The SMILES string of the molecule is CCC(C)c1cc(C(=O)N[C@@H]2CN(Cc3ccccn3)C[C@@H]2C)no1. The maximum atomic E-state index is 12.5. The van der Waals surface area contributed by atoms with Crippen molar-refractivity contribution >= 4 is 5.91 Å². The third kappa shape index (κ3) is 4.25. The highest BCUT2D eigenvalue weighted by Gasteiger charge is 2.31. The molecule has 2 aromatic heterocycles. The van der Waals surface area contributed by atoms with Gasteiger partial charge in [-0.25, -0.2) is 0 Å². The molecule has 1 unspecified atom stereocenters. The number of amides is 1. The van der Waals surface area contributed by atoms with Crippen molar-refractivity contribution in [2.75, 3.05) is 13.1 Å². The van der Waals surface area contributed by atoms with Crippen LogP contribution in [0.15, 0.2) is 35.0 Å². The van der Waals surface area contributed by atoms with E-state index in [2.05, 4.69) is 41.1 Å². The Morgan fingerprint density at radius 3 is 3.00 bits per heavy atom. The fraction of sp³-hybridized carbons (Fsp3) is 0.526. The Labute approximate surface area is 148 Å². The summed E-state index contributed by atoms with van der Waals surface area (Å²) in [4.78, 5) is 19.2. The van der Waals surface area contributed by atoms with E-state index in [1.807, 2.05) is 24.4 Å². The molecule has 0 aromatic carbocycles. The van der Waals surface area contributed by atoms with E-state index in [0.717, 1.165) is 37.5 Å². The molecule has 1 aliphatic heterocycles. The van der Waals surface area contributed by atoms with Crippen LogP contribution < -0.4 is 5.32 Å². The number of carbonyl (C=O) groups excluding carboxylic acids is 1. The Bertz CT molecular complexity index is 700. The molecule has 0 aliphatic carbocycles. The Kier molecular flexibility index (Phi) is 5.48. The van der Waals surface area contributed by atoms with E-state index in [-0.39, 0.29) is 17.9 Å². The molecular formula is C19H26N4O2. The molecule has 3 rings (SSSR count). The first-order valence-corrected chi connectivity index (χ1v) is 8.96. The zero-order valence-electron chi connectivity index (χ0n) is 15.1. The summed E-state index contributed by atoms with van der Waals surface area (Å²) in [5, 5.41) is 7.04. The van der Waals surface area contributed by atoms with Gasteiger partial charge in [0.05, 0.1) is 5.69 Å². The largest absolute Gasteiger partial charge is 0.360 e. The normalized spacial score (nSPS) is 22.0. The third-order valence-electron chi connectivity index (χ3n) is 4.98. The average Bonchev–Trinajstić information content (AvgIpc) is 3.23. The summed E-state index contributed by atoms with van der Waals surface area (Å²) >= 11 is 0. The second-order valence-electron chi connectivity index (χ2n) is 7.00. The van der Waals surface area contributed by atoms with E-state index in [1.165, 1.54) is 0 Å². The molecule has 1 amide bonds. The van der Waals surface area contributed by atoms with Gasteiger partial charge in [0.15, 0.2) is 5.69 Å². The van der Waals surface area contributed by atoms with Gasteiger partial charge in [-0.3, -0.25) is 14.7 Å². The number of carbonyl (C=O) groups is 1. The molecule has 3 atom stereocenters. The second kappa shape index (κ2) is 7.78. The zero-order chi connectivity index (χ0) is 17.8. The lowest BCUT2D eigenvalue weighted by atomic mass is 10.1. The monoisotopic (exact) mass is 342 g/mol. The molecule has 0 bridgehead atoms. The van der Waals surface area contributed by atoms with Gasteiger partial charge in [0.2, 0.25) is 0 Å². The van der Waals surface area contributed by atoms with E-state index >= 15 is 0 Å². The highest BCUT2D eigenvalue weighted by molar-refractivity contribution is 5.92. The molecule has 0 saturated carbocycles. The topological polar surface area (TPSA) is 71.3 Å². The molecule has 1 N–H and O–H groups in total. The van der Waals surface area contributed by atoms with Crippen molar-refractivity contribution in [3.8, 4) is 0 Å². The number of nitrogens with one attached hydrogen (secondary N) is 1. The first kappa shape index (κ1) is 17.6. The number of hydrogen-bond donors (Lipinski definition) is 1. The molecule has 134 valence electrons. The Hall–Kier alpha value is -2.21. The summed E-state index contributed by atoms with van der Waals surface area (Å²) in [6.45, 7) is 8.88. The summed E-state index contributed by atoms with van der Waals surface area (Å²) in [6.07, 6.45) is 2.77. The van der Waals surface area contributed by atoms with Crippen molar-refractivity contribution in [3.05, 3.63) is 47.6 Å². The van der Waals surface area contributed by atoms with Crippen LogP contribution >= 0.6 is 0 Å². The van der Waals surface area contributed by atoms with Gasteiger partial charge in [0, 0.05) is 43.9 Å². The maximum absolute atomic E-state index is 12.5. The van der Waals surface area contributed by atoms with Crippen LogP contribution in [0.5, 0.6) is 0 Å². The molecule has 6 heteroatoms. The maximum Gasteiger partial charge on any atom is 0.273 e. The van der Waals surface area contributed by atoms with Crippen molar-refractivity contribution in [2.45, 2.75) is 45.7 Å². The molecule has 0 spiro atoms. The molecule has 2 aromatic rings. The number of pyridine rings is 1. The van der Waals surface area contributed by atoms with Gasteiger partial charge in [-0.2, -0.15) is 0 Å². The lowest BCUT2D eigenvalue weighted by Crippen LogP contribution is -2.40. The van der Waals surface area contributed by atoms with Crippen LogP contribution in [0.4, 0.5) is 0 Å². The second-order valence-corrected chi connectivity index (χ2v) is 7.00. The smallest absolute Gasteiger partial charge is 0.273 e. The van der Waals surface area contributed by atoms with Gasteiger partial charge in [0.1, 0.15) is 5.76 Å². The number of rotatable bonds is 6. The Morgan fingerprint density at radius 1 is 1.44 bits per heavy atom. The quantitative estimate of drug-likeness (QED) is 0.874. The van der Waals surface area contributed by atoms with Gasteiger partial charge < -0.3 is 9.84 Å². The Balaban J connectivity index is 1.57. The highest BCUT2D eigenvalue weighted by Crippen LogP contribution is 2.21. The lowest BCUT2D eigenvalue weighted by molar-refractivity contribution is 0.0922. The van der Waals surface area contributed by atoms with E-state index in [4.69, 9.17) is 4.52 Å². The number of likely N-dealkylation sites (tertiary alicyclic amines) is 1. The predicted molar refractivity (Wildman–Crippen MR) is 95.1 cm³/mol. The standard InChI is InChI=1S/C19H26N4O2/c1-4-13(2)18-9-16(22-25-18)19(24)21-17-12-23(10-14(17)3)11-15-7-5-6-8-20-15/h5-9,13-14,17H,4,10-12H2,1-3H3,(H,21,24)/t13?,14-,17+/m0/s1. The predicted octanol–water partition coefficient (Wildman–Crippen LogP) is 2.83. The van der Waals surface area contributed by atoms with Crippen LogP contribution in [0.2, 0.25) is 0 Å². The van der Waals surface area contributed by atoms with Gasteiger partial charge in [0.25, 0.3) is 5.91 Å². The summed E-state index contributed by atoms with van der Waals surface area (Å²) in [6, 6.07) is 7.82. The molecule has 25 heavy (non-hydrogen) atoms. The minimum Gasteiger partial charge on any atom is -0.360 e. The van der Waals surface area contributed by atoms with E-state index < -0.39 is 0 Å². The minimum atomic E-state index is -0.158. The van der Waals surface area contributed by atoms with Crippen molar-refractivity contribution < 1.29 is 9.32 Å². The van der Waals surface area contributed by atoms with Crippen LogP contribution in [0, 0.1) is 5.92 Å².